The molecule has 11 heteroatoms. The highest BCUT2D eigenvalue weighted by atomic mass is 19.4. The highest BCUT2D eigenvalue weighted by Gasteiger charge is 2.35. The van der Waals surface area contributed by atoms with E-state index in [1.807, 2.05) is 0 Å². The van der Waals surface area contributed by atoms with Gasteiger partial charge in [-0.05, 0) is 36.8 Å². The van der Waals surface area contributed by atoms with Gasteiger partial charge in [-0.25, -0.2) is 15.0 Å². The second-order valence-electron chi connectivity index (χ2n) is 8.03. The minimum absolute atomic E-state index is 0.108. The van der Waals surface area contributed by atoms with Crippen LogP contribution >= 0.6 is 0 Å². The second kappa shape index (κ2) is 9.12. The Kier molecular flexibility index (Phi) is 6.35. The maximum Gasteiger partial charge on any atom is 0.451 e. The van der Waals surface area contributed by atoms with Gasteiger partial charge in [-0.1, -0.05) is 18.2 Å². The van der Waals surface area contributed by atoms with Crippen molar-refractivity contribution in [1.29, 1.82) is 0 Å². The molecule has 0 fully saturated rings. The van der Waals surface area contributed by atoms with Gasteiger partial charge in [0.2, 0.25) is 5.82 Å². The summed E-state index contributed by atoms with van der Waals surface area (Å²) in [6.45, 7) is 1.45. The number of nitrogens with zero attached hydrogens (tertiary/aromatic N) is 4. The average Bonchev–Trinajstić information content (AvgIpc) is 3.20. The first-order chi connectivity index (χ1) is 16.4. The van der Waals surface area contributed by atoms with Gasteiger partial charge in [0.1, 0.15) is 11.4 Å². The monoisotopic (exact) mass is 492 g/mol. The molecule has 0 atom stereocenters. The van der Waals surface area contributed by atoms with Crippen molar-refractivity contribution in [2.24, 2.45) is 0 Å². The zero-order chi connectivity index (χ0) is 25.4. The molecule has 182 valence electrons. The van der Waals surface area contributed by atoms with Crippen LogP contribution in [0.2, 0.25) is 0 Å². The molecule has 0 aliphatic carbocycles. The van der Waals surface area contributed by atoms with Crippen LogP contribution in [0.15, 0.2) is 54.9 Å². The first kappa shape index (κ1) is 24.4. The number of hydrogen-bond acceptors (Lipinski definition) is 4. The third kappa shape index (κ3) is 5.84. The Balaban J connectivity index is 1.61. The van der Waals surface area contributed by atoms with Crippen LogP contribution in [-0.2, 0) is 17.4 Å². The number of pyridine rings is 1. The van der Waals surface area contributed by atoms with Gasteiger partial charge in [-0.3, -0.25) is 9.20 Å². The van der Waals surface area contributed by atoms with E-state index < -0.39 is 36.8 Å². The van der Waals surface area contributed by atoms with Crippen molar-refractivity contribution >= 4 is 11.4 Å². The highest BCUT2D eigenvalue weighted by Crippen LogP contribution is 2.30. The number of aryl methyl sites for hydroxylation is 1. The van der Waals surface area contributed by atoms with E-state index in [-0.39, 0.29) is 17.8 Å². The van der Waals surface area contributed by atoms with Gasteiger partial charge in [0.25, 0.3) is 0 Å². The van der Waals surface area contributed by atoms with E-state index >= 15 is 0 Å². The number of carbonyl (C=O) groups is 1. The predicted octanol–water partition coefficient (Wildman–Crippen LogP) is 6.24. The van der Waals surface area contributed by atoms with E-state index in [9.17, 15) is 31.1 Å². The summed E-state index contributed by atoms with van der Waals surface area (Å²) in [6, 6.07) is 11.5. The summed E-state index contributed by atoms with van der Waals surface area (Å²) in [6.07, 6.45) is -7.72. The van der Waals surface area contributed by atoms with Crippen molar-refractivity contribution in [2.75, 3.05) is 0 Å². The van der Waals surface area contributed by atoms with E-state index in [4.69, 9.17) is 0 Å². The molecule has 0 saturated heterocycles. The fourth-order valence-electron chi connectivity index (χ4n) is 3.63. The van der Waals surface area contributed by atoms with Crippen LogP contribution in [0.4, 0.5) is 26.3 Å². The van der Waals surface area contributed by atoms with E-state index in [0.717, 1.165) is 0 Å². The molecule has 0 spiro atoms. The Labute approximate surface area is 195 Å². The Hall–Kier alpha value is -3.76. The van der Waals surface area contributed by atoms with Gasteiger partial charge in [0.15, 0.2) is 0 Å². The van der Waals surface area contributed by atoms with Crippen LogP contribution in [-0.4, -0.2) is 31.3 Å². The molecule has 4 aromatic rings. The molecular weight excluding hydrogens is 474 g/mol. The predicted molar refractivity (Wildman–Crippen MR) is 115 cm³/mol. The van der Waals surface area contributed by atoms with E-state index in [0.29, 0.717) is 28.0 Å². The van der Waals surface area contributed by atoms with Gasteiger partial charge >= 0.3 is 12.4 Å². The maximum absolute atomic E-state index is 13.1. The molecule has 0 bridgehead atoms. The summed E-state index contributed by atoms with van der Waals surface area (Å²) < 4.78 is 78.1. The summed E-state index contributed by atoms with van der Waals surface area (Å²) in [5.74, 6) is -1.74. The molecule has 5 nitrogen and oxygen atoms in total. The number of alkyl halides is 6. The number of fused-ring (bicyclic) bond motifs is 1. The number of imidazole rings is 1. The molecule has 3 heterocycles. The number of Topliss-reactive ketones (excluding diaryl/α,β-unsaturated/α-hetero) is 1. The standard InChI is InChI=1S/C24H18F6N4O/c1-14-9-19(33-22(32-14)24(28,29)30)16-6-8-34-20(13-31-21(34)12-16)17-4-2-3-15(10-17)11-18(35)5-7-23(25,26)27/h2-4,6,8-10,12-13H,5,7,11H2,1H3. The molecule has 3 aromatic heterocycles. The summed E-state index contributed by atoms with van der Waals surface area (Å²) in [5.41, 5.74) is 3.06. The first-order valence-corrected chi connectivity index (χ1v) is 10.5. The number of carbonyl (C=O) groups excluding carboxylic acids is 1. The Morgan fingerprint density at radius 1 is 0.971 bits per heavy atom. The Morgan fingerprint density at radius 3 is 2.46 bits per heavy atom. The van der Waals surface area contributed by atoms with Crippen molar-refractivity contribution < 1.29 is 31.1 Å². The smallest absolute Gasteiger partial charge is 0.300 e. The second-order valence-corrected chi connectivity index (χ2v) is 8.03. The molecule has 0 N–H and O–H groups in total. The van der Waals surface area contributed by atoms with Crippen LogP contribution < -0.4 is 0 Å². The summed E-state index contributed by atoms with van der Waals surface area (Å²) in [7, 11) is 0. The normalized spacial score (nSPS) is 12.3. The van der Waals surface area contributed by atoms with Crippen molar-refractivity contribution in [2.45, 2.75) is 38.5 Å². The van der Waals surface area contributed by atoms with E-state index in [1.54, 1.807) is 53.2 Å². The zero-order valence-corrected chi connectivity index (χ0v) is 18.3. The lowest BCUT2D eigenvalue weighted by Gasteiger charge is -2.10. The zero-order valence-electron chi connectivity index (χ0n) is 18.3. The van der Waals surface area contributed by atoms with Crippen LogP contribution in [0.25, 0.3) is 28.2 Å². The fourth-order valence-corrected chi connectivity index (χ4v) is 3.63. The molecule has 0 unspecified atom stereocenters. The molecule has 35 heavy (non-hydrogen) atoms. The van der Waals surface area contributed by atoms with Gasteiger partial charge in [0.05, 0.1) is 24.0 Å². The summed E-state index contributed by atoms with van der Waals surface area (Å²) in [5, 5.41) is 0. The van der Waals surface area contributed by atoms with Gasteiger partial charge in [-0.15, -0.1) is 0 Å². The van der Waals surface area contributed by atoms with Crippen molar-refractivity contribution in [1.82, 2.24) is 19.4 Å². The minimum Gasteiger partial charge on any atom is -0.300 e. The minimum atomic E-state index is -4.68. The lowest BCUT2D eigenvalue weighted by molar-refractivity contribution is -0.145. The SMILES string of the molecule is Cc1cc(-c2ccn3c(-c4cccc(CC(=O)CCC(F)(F)F)c4)cnc3c2)nc(C(F)(F)F)n1. The van der Waals surface area contributed by atoms with Gasteiger partial charge in [0, 0.05) is 35.9 Å². The molecule has 0 aliphatic heterocycles. The third-order valence-corrected chi connectivity index (χ3v) is 5.23. The highest BCUT2D eigenvalue weighted by molar-refractivity contribution is 5.81. The molecular formula is C24H18F6N4O. The Bertz CT molecular complexity index is 1390. The largest absolute Gasteiger partial charge is 0.451 e. The first-order valence-electron chi connectivity index (χ1n) is 10.5. The number of benzene rings is 1. The topological polar surface area (TPSA) is 60.2 Å². The lowest BCUT2D eigenvalue weighted by Crippen LogP contribution is -2.12. The van der Waals surface area contributed by atoms with Crippen molar-refractivity contribution in [3.05, 3.63) is 71.9 Å². The number of aromatic nitrogens is 4. The molecule has 1 aromatic carbocycles. The van der Waals surface area contributed by atoms with Gasteiger partial charge in [-0.2, -0.15) is 26.3 Å². The average molecular weight is 492 g/mol. The quantitative estimate of drug-likeness (QED) is 0.299. The fraction of sp³-hybridized carbons (Fsp3) is 0.250. The van der Waals surface area contributed by atoms with Crippen LogP contribution in [0, 0.1) is 6.92 Å². The number of ketones is 1. The molecule has 0 aliphatic rings. The summed E-state index contributed by atoms with van der Waals surface area (Å²) >= 11 is 0. The van der Waals surface area contributed by atoms with Crippen LogP contribution in [0.5, 0.6) is 0 Å². The maximum atomic E-state index is 13.1. The van der Waals surface area contributed by atoms with Crippen molar-refractivity contribution in [3.8, 4) is 22.5 Å². The molecule has 0 amide bonds. The molecule has 0 saturated carbocycles. The van der Waals surface area contributed by atoms with Crippen LogP contribution in [0.3, 0.4) is 0 Å². The third-order valence-electron chi connectivity index (χ3n) is 5.23. The number of rotatable bonds is 6. The van der Waals surface area contributed by atoms with E-state index in [1.165, 1.54) is 13.0 Å². The molecule has 0 radical (unpaired) electrons. The van der Waals surface area contributed by atoms with Crippen molar-refractivity contribution in [3.63, 3.8) is 0 Å². The Morgan fingerprint density at radius 2 is 1.74 bits per heavy atom. The summed E-state index contributed by atoms with van der Waals surface area (Å²) in [4.78, 5) is 23.4. The lowest BCUT2D eigenvalue weighted by atomic mass is 10.0. The number of hydrogen-bond donors (Lipinski definition) is 0. The van der Waals surface area contributed by atoms with Crippen LogP contribution in [0.1, 0.15) is 29.9 Å². The van der Waals surface area contributed by atoms with Gasteiger partial charge < -0.3 is 0 Å². The van der Waals surface area contributed by atoms with E-state index in [2.05, 4.69) is 15.0 Å². The molecule has 4 rings (SSSR count). The number of halogens is 6.